The molecular weight excluding hydrogens is 1270 g/mol. The maximum atomic E-state index is 14.5. The predicted molar refractivity (Wildman–Crippen MR) is 301 cm³/mol. The second kappa shape index (κ2) is 32.8. The number of aliphatic carboxylic acids is 1. The number of methoxy groups -OCH3 is 1. The molecule has 6 aliphatic heterocycles. The molecule has 2 bridgehead atoms. The fraction of sp³-hybridized carbons (Fsp3) is 0.842. The lowest BCUT2D eigenvalue weighted by Gasteiger charge is -2.51. The van der Waals surface area contributed by atoms with Crippen molar-refractivity contribution in [3.8, 4) is 0 Å². The van der Waals surface area contributed by atoms with E-state index in [1.807, 2.05) is 6.08 Å². The third kappa shape index (κ3) is 16.9. The number of ether oxygens (including phenoxy) is 12. The zero-order chi connectivity index (χ0) is 68.9. The average molecular weight is 1360 g/mol. The topological polar surface area (TPSA) is 556 Å². The van der Waals surface area contributed by atoms with Crippen LogP contribution in [0.25, 0.3) is 0 Å². The highest BCUT2D eigenvalue weighted by atomic mass is 16.8. The van der Waals surface area contributed by atoms with Crippen LogP contribution in [0.1, 0.15) is 60.3 Å². The largest absolute Gasteiger partial charge is 0.547 e. The van der Waals surface area contributed by atoms with Gasteiger partial charge in [0.2, 0.25) is 17.7 Å². The number of fused-ring (bicyclic) bond motifs is 2. The molecule has 534 valence electrons. The van der Waals surface area contributed by atoms with Gasteiger partial charge in [-0.25, -0.2) is 0 Å². The van der Waals surface area contributed by atoms with E-state index in [4.69, 9.17) is 56.8 Å². The quantitative estimate of drug-likeness (QED) is 0.0282. The minimum absolute atomic E-state index is 0.0414. The van der Waals surface area contributed by atoms with E-state index in [1.54, 1.807) is 0 Å². The van der Waals surface area contributed by atoms with Crippen molar-refractivity contribution < 1.29 is 157 Å². The van der Waals surface area contributed by atoms with Gasteiger partial charge in [0.1, 0.15) is 134 Å². The Balaban J connectivity index is 1.04. The summed E-state index contributed by atoms with van der Waals surface area (Å²) in [5.74, 6) is -6.37. The lowest BCUT2D eigenvalue weighted by atomic mass is 9.92. The molecule has 7 fully saturated rings. The van der Waals surface area contributed by atoms with Crippen molar-refractivity contribution in [3.63, 3.8) is 0 Å². The van der Waals surface area contributed by atoms with Gasteiger partial charge >= 0.3 is 0 Å². The Kier molecular flexibility index (Phi) is 26.1. The molecule has 17 N–H and O–H groups in total. The molecule has 8 rings (SSSR count). The zero-order valence-electron chi connectivity index (χ0n) is 52.1. The van der Waals surface area contributed by atoms with Crippen LogP contribution in [0.15, 0.2) is 12.2 Å². The van der Waals surface area contributed by atoms with Crippen LogP contribution >= 0.6 is 0 Å². The van der Waals surface area contributed by atoms with E-state index >= 15 is 0 Å². The molecule has 1 saturated carbocycles. The van der Waals surface area contributed by atoms with Gasteiger partial charge in [-0.15, -0.1) is 0 Å². The number of aliphatic hydroxyl groups is 12. The van der Waals surface area contributed by atoms with E-state index in [2.05, 4.69) is 32.7 Å². The monoisotopic (exact) mass is 1350 g/mol. The lowest BCUT2D eigenvalue weighted by molar-refractivity contribution is -0.387. The molecule has 0 aromatic heterocycles. The number of carbonyl (C=O) groups excluding carboxylic acids is 7. The van der Waals surface area contributed by atoms with Crippen molar-refractivity contribution in [2.45, 2.75) is 244 Å². The summed E-state index contributed by atoms with van der Waals surface area (Å²) >= 11 is 0. The van der Waals surface area contributed by atoms with Crippen molar-refractivity contribution >= 4 is 41.3 Å². The summed E-state index contributed by atoms with van der Waals surface area (Å²) in [7, 11) is 1.09. The van der Waals surface area contributed by atoms with Gasteiger partial charge < -0.3 is 159 Å². The smallest absolute Gasteiger partial charge is 0.252 e. The predicted octanol–water partition coefficient (Wildman–Crippen LogP) is -11.4. The number of carbonyl (C=O) groups is 7. The summed E-state index contributed by atoms with van der Waals surface area (Å²) in [6, 6.07) is -5.00. The Morgan fingerprint density at radius 1 is 0.479 bits per heavy atom. The maximum Gasteiger partial charge on any atom is 0.252 e. The Morgan fingerprint density at radius 3 is 1.30 bits per heavy atom. The van der Waals surface area contributed by atoms with Gasteiger partial charge in [0.05, 0.1) is 37.9 Å². The van der Waals surface area contributed by atoms with E-state index in [-0.39, 0.29) is 49.5 Å². The normalized spacial score (nSPS) is 44.5. The number of Topliss-reactive ketones (excluding diaryl/α,β-unsaturated/α-hetero) is 1. The fourth-order valence-electron chi connectivity index (χ4n) is 13.3. The number of hydrogen-bond acceptors (Lipinski definition) is 32. The molecule has 2 aliphatic carbocycles. The molecule has 8 aliphatic rings. The molecule has 5 amide bonds. The summed E-state index contributed by atoms with van der Waals surface area (Å²) in [5, 5.41) is 162. The minimum Gasteiger partial charge on any atom is -0.547 e. The first-order valence-corrected chi connectivity index (χ1v) is 31.0. The van der Waals surface area contributed by atoms with Crippen LogP contribution in [0, 0.1) is 17.8 Å². The number of carboxylic acid groups (broad SMARTS) is 1. The van der Waals surface area contributed by atoms with Crippen LogP contribution in [0.4, 0.5) is 0 Å². The first-order chi connectivity index (χ1) is 44.5. The number of amides is 5. The van der Waals surface area contributed by atoms with Crippen LogP contribution < -0.4 is 31.7 Å². The number of nitrogens with one attached hydrogen (secondary N) is 5. The molecule has 16 unspecified atom stereocenters. The van der Waals surface area contributed by atoms with Gasteiger partial charge in [0.25, 0.3) is 11.8 Å². The van der Waals surface area contributed by atoms with Crippen molar-refractivity contribution in [2.75, 3.05) is 40.0 Å². The highest BCUT2D eigenvalue weighted by Crippen LogP contribution is 2.44. The van der Waals surface area contributed by atoms with Gasteiger partial charge in [0.15, 0.2) is 43.7 Å². The lowest BCUT2D eigenvalue weighted by Crippen LogP contribution is -2.72. The van der Waals surface area contributed by atoms with Crippen LogP contribution in [0.5, 0.6) is 0 Å². The van der Waals surface area contributed by atoms with Crippen molar-refractivity contribution in [1.29, 1.82) is 0 Å². The molecule has 6 heterocycles. The second-order valence-corrected chi connectivity index (χ2v) is 24.8. The Morgan fingerprint density at radius 2 is 0.883 bits per heavy atom. The van der Waals surface area contributed by atoms with Gasteiger partial charge in [-0.2, -0.15) is 0 Å². The summed E-state index contributed by atoms with van der Waals surface area (Å²) < 4.78 is 70.5. The maximum absolute atomic E-state index is 14.5. The van der Waals surface area contributed by atoms with Gasteiger partial charge in [-0.05, 0) is 50.9 Å². The zero-order valence-corrected chi connectivity index (χ0v) is 52.1. The molecule has 94 heavy (non-hydrogen) atoms. The van der Waals surface area contributed by atoms with Crippen molar-refractivity contribution in [3.05, 3.63) is 12.2 Å². The summed E-state index contributed by atoms with van der Waals surface area (Å²) in [5.41, 5.74) is 0. The highest BCUT2D eigenvalue weighted by Gasteiger charge is 2.60. The minimum atomic E-state index is -2.59. The summed E-state index contributed by atoms with van der Waals surface area (Å²) in [6.07, 6.45) is -48.1. The first-order valence-electron chi connectivity index (χ1n) is 31.0. The Hall–Kier alpha value is -4.73. The average Bonchev–Trinajstić information content (AvgIpc) is 0.993. The SMILES string of the molecule is CO[C@@H]1C(C(=O)NCCCC(C)=O)O[C@@H](O[C@@H]2C(NC(C)=O)C(O[C@@H]3C(C(=O)[O-])O[C@@H](O[C@@H]4C(NC(C)=O)C(O[C@@H]5C(C(=O)NCC6C[C@@H]7C=C[C@H]6C7)O[C@@H](O[C@@H]6C(NC(C)=O)C(C)OC(CO)[C@H]6O)[C@@H](O)C5O)OC(CO)[C@H]4O)[C@@H](O)C3O)OC(CO)[C@H]2O)[C@@H](O)C1O. The van der Waals surface area contributed by atoms with E-state index in [9.17, 15) is 99.9 Å². The van der Waals surface area contributed by atoms with E-state index in [0.717, 1.165) is 40.7 Å². The number of hydrogen-bond donors (Lipinski definition) is 17. The number of carboxylic acids is 1. The Bertz CT molecular complexity index is 2630. The number of ketones is 1. The van der Waals surface area contributed by atoms with E-state index in [1.165, 1.54) is 13.8 Å². The molecule has 0 radical (unpaired) electrons. The van der Waals surface area contributed by atoms with Crippen LogP contribution in [-0.4, -0.2) is 326 Å². The van der Waals surface area contributed by atoms with E-state index in [0.29, 0.717) is 0 Å². The molecule has 37 heteroatoms. The van der Waals surface area contributed by atoms with Crippen LogP contribution in [-0.2, 0) is 90.4 Å². The molecule has 6 saturated heterocycles. The molecular formula is C57H88N5O32-. The van der Waals surface area contributed by atoms with Crippen molar-refractivity contribution in [1.82, 2.24) is 26.6 Å². The summed E-state index contributed by atoms with van der Waals surface area (Å²) in [6.45, 7) is 3.03. The van der Waals surface area contributed by atoms with Crippen molar-refractivity contribution in [2.24, 2.45) is 17.8 Å². The van der Waals surface area contributed by atoms with E-state index < -0.39 is 239 Å². The number of aliphatic hydroxyl groups excluding tert-OH is 12. The third-order valence-corrected chi connectivity index (χ3v) is 18.0. The highest BCUT2D eigenvalue weighted by molar-refractivity contribution is 5.82. The number of allylic oxidation sites excluding steroid dienone is 2. The fourth-order valence-corrected chi connectivity index (χ4v) is 13.3. The summed E-state index contributed by atoms with van der Waals surface area (Å²) in [4.78, 5) is 90.9. The Labute approximate surface area is 537 Å². The number of rotatable bonds is 26. The van der Waals surface area contributed by atoms with Gasteiger partial charge in [-0.1, -0.05) is 12.2 Å². The van der Waals surface area contributed by atoms with Crippen LogP contribution in [0.2, 0.25) is 0 Å². The second-order valence-electron chi connectivity index (χ2n) is 24.8. The standard InChI is InChI=1S/C57H89N5O32/c1-18(66)8-7-11-58-50(79)47-44(83-6)35(73)38(76)55(92-47)88-42-31(62-22(5)69)54(86-28(17-65)33(42)71)91-46-37(75)40(78)57(94-49(46)52(81)82)89-43-30(61-21(4)68)53(85-27(16-64)34(43)72)90-45-36(74)39(77)56(87-41-29(60-20(3)67)19(2)84-26(15-63)32(41)70)93-48(45)51(80)59-14-25-13-23-9-10-24(25)12-23/h9-10,19,23-49,53-57,63-65,70-78H,7-8,11-17H2,1-6H3,(H,58,79)(H,59,80)(H,60,67)(H,61,68)(H,62,69)(H,81,82)/p-1/t19?,23-,24+,25?,26?,27?,28?,29?,30?,31?,32-,33-,34-,35?,36?,37?,38+,39+,40+,41-,42-,43-,44+,45+,46+,47?,48?,49?,53?,54?,55-,56-,57-/m1/s1. The molecule has 33 atom stereocenters. The first kappa shape index (κ1) is 75.0. The molecule has 0 aromatic rings. The third-order valence-electron chi connectivity index (χ3n) is 18.0. The molecule has 37 nitrogen and oxygen atoms in total. The molecule has 0 spiro atoms. The van der Waals surface area contributed by atoms with Crippen LogP contribution in [0.3, 0.4) is 0 Å². The molecule has 0 aromatic carbocycles. The van der Waals surface area contributed by atoms with Gasteiger partial charge in [0, 0.05) is 47.4 Å². The van der Waals surface area contributed by atoms with Gasteiger partial charge in [-0.3, -0.25) is 24.0 Å².